The highest BCUT2D eigenvalue weighted by molar-refractivity contribution is 5.92. The fourth-order valence-corrected chi connectivity index (χ4v) is 2.27. The van der Waals surface area contributed by atoms with Crippen molar-refractivity contribution < 1.29 is 9.53 Å². The average molecular weight is 290 g/mol. The third-order valence-electron chi connectivity index (χ3n) is 3.47. The Labute approximate surface area is 124 Å². The molecule has 114 valence electrons. The fraction of sp³-hybridized carbons (Fsp3) is 0.467. The van der Waals surface area contributed by atoms with E-state index in [1.54, 1.807) is 17.7 Å². The van der Waals surface area contributed by atoms with Gasteiger partial charge in [0.05, 0.1) is 6.61 Å². The largest absolute Gasteiger partial charge is 0.383 e. The molecule has 0 unspecified atom stereocenters. The van der Waals surface area contributed by atoms with Gasteiger partial charge in [-0.2, -0.15) is 0 Å². The van der Waals surface area contributed by atoms with Crippen LogP contribution in [0.25, 0.3) is 0 Å². The summed E-state index contributed by atoms with van der Waals surface area (Å²) in [6.07, 6.45) is 4.41. The molecule has 2 heterocycles. The minimum atomic E-state index is -0.0609. The van der Waals surface area contributed by atoms with E-state index in [4.69, 9.17) is 4.74 Å². The molecule has 0 saturated carbocycles. The third-order valence-corrected chi connectivity index (χ3v) is 3.47. The van der Waals surface area contributed by atoms with Gasteiger partial charge in [-0.15, -0.1) is 0 Å². The van der Waals surface area contributed by atoms with Gasteiger partial charge in [0.1, 0.15) is 11.5 Å². The molecule has 0 aliphatic heterocycles. The number of nitrogens with zero attached hydrogens (tertiary/aromatic N) is 3. The number of hydrogen-bond acceptors (Lipinski definition) is 3. The summed E-state index contributed by atoms with van der Waals surface area (Å²) in [5.41, 5.74) is 1.77. The van der Waals surface area contributed by atoms with Gasteiger partial charge in [0.25, 0.3) is 5.91 Å². The fourth-order valence-electron chi connectivity index (χ4n) is 2.27. The van der Waals surface area contributed by atoms with Gasteiger partial charge in [-0.05, 0) is 19.1 Å². The summed E-state index contributed by atoms with van der Waals surface area (Å²) >= 11 is 0. The van der Waals surface area contributed by atoms with Gasteiger partial charge in [0.2, 0.25) is 0 Å². The third kappa shape index (κ3) is 3.72. The molecular formula is C15H22N4O2. The smallest absolute Gasteiger partial charge is 0.267 e. The van der Waals surface area contributed by atoms with Crippen LogP contribution in [0.1, 0.15) is 22.0 Å². The first-order chi connectivity index (χ1) is 10.1. The molecule has 1 N–H and O–H groups in total. The zero-order valence-corrected chi connectivity index (χ0v) is 12.8. The second-order valence-electron chi connectivity index (χ2n) is 4.97. The summed E-state index contributed by atoms with van der Waals surface area (Å²) in [5, 5.41) is 2.92. The molecule has 0 aliphatic carbocycles. The van der Waals surface area contributed by atoms with Crippen LogP contribution in [0.4, 0.5) is 0 Å². The number of carbonyl (C=O) groups excluding carboxylic acids is 1. The van der Waals surface area contributed by atoms with Gasteiger partial charge in [-0.3, -0.25) is 4.79 Å². The zero-order valence-electron chi connectivity index (χ0n) is 12.8. The van der Waals surface area contributed by atoms with Gasteiger partial charge in [-0.25, -0.2) is 4.98 Å². The van der Waals surface area contributed by atoms with E-state index in [2.05, 4.69) is 14.9 Å². The Hall–Kier alpha value is -2.08. The van der Waals surface area contributed by atoms with E-state index < -0.39 is 0 Å². The van der Waals surface area contributed by atoms with Crippen LogP contribution in [0.2, 0.25) is 0 Å². The normalized spacial score (nSPS) is 10.8. The number of aromatic nitrogens is 3. The molecule has 21 heavy (non-hydrogen) atoms. The van der Waals surface area contributed by atoms with Crippen LogP contribution in [-0.2, 0) is 24.8 Å². The summed E-state index contributed by atoms with van der Waals surface area (Å²) in [4.78, 5) is 16.4. The first kappa shape index (κ1) is 15.3. The van der Waals surface area contributed by atoms with Crippen molar-refractivity contribution >= 4 is 5.91 Å². The first-order valence-corrected chi connectivity index (χ1v) is 7.03. The van der Waals surface area contributed by atoms with Crippen molar-refractivity contribution in [2.75, 3.05) is 20.3 Å². The Morgan fingerprint density at radius 1 is 1.48 bits per heavy atom. The van der Waals surface area contributed by atoms with E-state index in [-0.39, 0.29) is 5.91 Å². The average Bonchev–Trinajstić information content (AvgIpc) is 3.03. The number of rotatable bonds is 7. The Kier molecular flexibility index (Phi) is 5.16. The summed E-state index contributed by atoms with van der Waals surface area (Å²) in [6, 6.07) is 3.66. The minimum Gasteiger partial charge on any atom is -0.383 e. The van der Waals surface area contributed by atoms with Gasteiger partial charge in [-0.1, -0.05) is 0 Å². The van der Waals surface area contributed by atoms with Crippen LogP contribution in [0, 0.1) is 6.92 Å². The number of methoxy groups -OCH3 is 1. The van der Waals surface area contributed by atoms with Crippen LogP contribution in [0.5, 0.6) is 0 Å². The lowest BCUT2D eigenvalue weighted by molar-refractivity contribution is 0.0945. The Balaban J connectivity index is 1.89. The van der Waals surface area contributed by atoms with Crippen molar-refractivity contribution in [3.63, 3.8) is 0 Å². The van der Waals surface area contributed by atoms with E-state index in [0.717, 1.165) is 18.1 Å². The summed E-state index contributed by atoms with van der Waals surface area (Å²) in [5.74, 6) is 0.908. The molecule has 0 radical (unpaired) electrons. The molecule has 0 fully saturated rings. The number of amides is 1. The predicted molar refractivity (Wildman–Crippen MR) is 80.3 cm³/mol. The highest BCUT2D eigenvalue weighted by Crippen LogP contribution is 2.05. The maximum Gasteiger partial charge on any atom is 0.267 e. The van der Waals surface area contributed by atoms with Crippen LogP contribution < -0.4 is 5.32 Å². The maximum absolute atomic E-state index is 12.0. The molecular weight excluding hydrogens is 268 g/mol. The molecule has 0 atom stereocenters. The lowest BCUT2D eigenvalue weighted by Gasteiger charge is -2.10. The number of hydrogen-bond donors (Lipinski definition) is 1. The van der Waals surface area contributed by atoms with Gasteiger partial charge >= 0.3 is 0 Å². The van der Waals surface area contributed by atoms with Crippen LogP contribution in [0.3, 0.4) is 0 Å². The maximum atomic E-state index is 12.0. The van der Waals surface area contributed by atoms with Crippen molar-refractivity contribution in [1.29, 1.82) is 0 Å². The summed E-state index contributed by atoms with van der Waals surface area (Å²) in [7, 11) is 3.54. The number of nitrogens with one attached hydrogen (secondary N) is 1. The van der Waals surface area contributed by atoms with Gasteiger partial charge in [0, 0.05) is 51.8 Å². The van der Waals surface area contributed by atoms with Crippen LogP contribution in [0.15, 0.2) is 24.5 Å². The first-order valence-electron chi connectivity index (χ1n) is 7.03. The number of ether oxygens (including phenoxy) is 1. The summed E-state index contributed by atoms with van der Waals surface area (Å²) < 4.78 is 9.04. The van der Waals surface area contributed by atoms with E-state index >= 15 is 0 Å². The molecule has 0 spiro atoms. The molecule has 0 aromatic carbocycles. The minimum absolute atomic E-state index is 0.0609. The number of imidazole rings is 1. The lowest BCUT2D eigenvalue weighted by Crippen LogP contribution is -2.28. The van der Waals surface area contributed by atoms with Gasteiger partial charge < -0.3 is 19.2 Å². The standard InChI is InChI=1S/C15H22N4O2/c1-12-11-17-14(19(12)9-10-21-3)6-7-16-15(20)13-5-4-8-18(13)2/h4-5,8,11H,6-7,9-10H2,1-3H3,(H,16,20). The molecule has 6 nitrogen and oxygen atoms in total. The number of carbonyl (C=O) groups is 1. The van der Waals surface area contributed by atoms with Crippen molar-refractivity contribution in [3.05, 3.63) is 41.7 Å². The zero-order chi connectivity index (χ0) is 15.2. The topological polar surface area (TPSA) is 61.1 Å². The van der Waals surface area contributed by atoms with E-state index in [9.17, 15) is 4.79 Å². The highest BCUT2D eigenvalue weighted by atomic mass is 16.5. The Morgan fingerprint density at radius 2 is 2.29 bits per heavy atom. The second-order valence-corrected chi connectivity index (χ2v) is 4.97. The van der Waals surface area contributed by atoms with E-state index in [0.29, 0.717) is 25.3 Å². The molecule has 6 heteroatoms. The van der Waals surface area contributed by atoms with E-state index in [1.807, 2.05) is 32.4 Å². The molecule has 0 aliphatic rings. The van der Waals surface area contributed by atoms with Crippen LogP contribution >= 0.6 is 0 Å². The quantitative estimate of drug-likeness (QED) is 0.832. The lowest BCUT2D eigenvalue weighted by atomic mass is 10.3. The van der Waals surface area contributed by atoms with Crippen LogP contribution in [-0.4, -0.2) is 40.3 Å². The van der Waals surface area contributed by atoms with Crippen molar-refractivity contribution in [3.8, 4) is 0 Å². The van der Waals surface area contributed by atoms with Crippen molar-refractivity contribution in [2.24, 2.45) is 7.05 Å². The molecule has 2 aromatic rings. The van der Waals surface area contributed by atoms with Crippen molar-refractivity contribution in [2.45, 2.75) is 19.9 Å². The predicted octanol–water partition coefficient (Wildman–Crippen LogP) is 1.15. The second kappa shape index (κ2) is 7.08. The molecule has 2 rings (SSSR count). The summed E-state index contributed by atoms with van der Waals surface area (Å²) in [6.45, 7) is 4.02. The SMILES string of the molecule is COCCn1c(C)cnc1CCNC(=O)c1cccn1C. The number of aryl methyl sites for hydroxylation is 2. The molecule has 1 amide bonds. The van der Waals surface area contributed by atoms with Gasteiger partial charge in [0.15, 0.2) is 0 Å². The molecule has 0 bridgehead atoms. The van der Waals surface area contributed by atoms with Crippen molar-refractivity contribution in [1.82, 2.24) is 19.4 Å². The van der Waals surface area contributed by atoms with E-state index in [1.165, 1.54) is 0 Å². The molecule has 0 saturated heterocycles. The Bertz CT molecular complexity index is 601. The Morgan fingerprint density at radius 3 is 2.95 bits per heavy atom. The highest BCUT2D eigenvalue weighted by Gasteiger charge is 2.10. The monoisotopic (exact) mass is 290 g/mol. The molecule has 2 aromatic heterocycles.